The highest BCUT2D eigenvalue weighted by molar-refractivity contribution is 7.13. The molecule has 27 heavy (non-hydrogen) atoms. The maximum atomic E-state index is 6.18. The first kappa shape index (κ1) is 17.5. The maximum Gasteiger partial charge on any atom is 0.226 e. The molecule has 0 aliphatic carbocycles. The van der Waals surface area contributed by atoms with Gasteiger partial charge in [-0.2, -0.15) is 0 Å². The molecule has 7 nitrogen and oxygen atoms in total. The molecule has 1 saturated heterocycles. The Morgan fingerprint density at radius 2 is 2.00 bits per heavy atom. The van der Waals surface area contributed by atoms with Crippen LogP contribution in [0.15, 0.2) is 51.5 Å². The number of hydrogen-bond acceptors (Lipinski definition) is 6. The topological polar surface area (TPSA) is 83.8 Å². The summed E-state index contributed by atoms with van der Waals surface area (Å²) in [6.45, 7) is 5.92. The SMILES string of the molecule is Cc1ccc(-c2nc(CN=C(N)N3CCN(c4nccs4)CC3)co2)cc1. The number of oxazole rings is 1. The van der Waals surface area contributed by atoms with Crippen molar-refractivity contribution in [3.8, 4) is 11.5 Å². The molecule has 8 heteroatoms. The van der Waals surface area contributed by atoms with E-state index in [-0.39, 0.29) is 0 Å². The standard InChI is InChI=1S/C19H22N6OS/c1-14-2-4-15(5-3-14)17-23-16(13-26-17)12-22-18(20)24-7-9-25(10-8-24)19-21-6-11-27-19/h2-6,11,13H,7-10,12H2,1H3,(H2,20,22). The third-order valence-corrected chi connectivity index (χ3v) is 5.38. The highest BCUT2D eigenvalue weighted by atomic mass is 32.1. The first-order valence-electron chi connectivity index (χ1n) is 8.90. The first-order chi connectivity index (χ1) is 13.2. The van der Waals surface area contributed by atoms with E-state index in [1.54, 1.807) is 17.6 Å². The van der Waals surface area contributed by atoms with Crippen molar-refractivity contribution in [1.29, 1.82) is 0 Å². The normalized spacial score (nSPS) is 15.4. The molecule has 0 amide bonds. The van der Waals surface area contributed by atoms with Crippen LogP contribution < -0.4 is 10.6 Å². The van der Waals surface area contributed by atoms with Gasteiger partial charge in [-0.1, -0.05) is 17.7 Å². The van der Waals surface area contributed by atoms with Crippen LogP contribution in [-0.4, -0.2) is 47.0 Å². The molecule has 2 aromatic heterocycles. The van der Waals surface area contributed by atoms with Gasteiger partial charge in [0.1, 0.15) is 12.0 Å². The fourth-order valence-corrected chi connectivity index (χ4v) is 3.67. The second kappa shape index (κ2) is 7.79. The van der Waals surface area contributed by atoms with Crippen LogP contribution in [0.4, 0.5) is 5.13 Å². The Morgan fingerprint density at radius 3 is 2.70 bits per heavy atom. The van der Waals surface area contributed by atoms with Gasteiger partial charge in [-0.25, -0.2) is 15.0 Å². The quantitative estimate of drug-likeness (QED) is 0.552. The summed E-state index contributed by atoms with van der Waals surface area (Å²) >= 11 is 1.66. The number of anilines is 1. The van der Waals surface area contributed by atoms with Gasteiger partial charge in [0, 0.05) is 43.3 Å². The molecule has 1 aliphatic heterocycles. The molecule has 0 bridgehead atoms. The first-order valence-corrected chi connectivity index (χ1v) is 9.78. The number of thiazole rings is 1. The minimum absolute atomic E-state index is 0.411. The Hall–Kier alpha value is -2.87. The fraction of sp³-hybridized carbons (Fsp3) is 0.316. The number of aliphatic imine (C=N–C) groups is 1. The number of benzene rings is 1. The van der Waals surface area contributed by atoms with Gasteiger partial charge in [0.05, 0.1) is 6.54 Å². The maximum absolute atomic E-state index is 6.18. The van der Waals surface area contributed by atoms with Gasteiger partial charge in [0.15, 0.2) is 11.1 Å². The van der Waals surface area contributed by atoms with Crippen LogP contribution in [0.2, 0.25) is 0 Å². The fourth-order valence-electron chi connectivity index (χ4n) is 2.97. The van der Waals surface area contributed by atoms with Crippen molar-refractivity contribution < 1.29 is 4.42 Å². The summed E-state index contributed by atoms with van der Waals surface area (Å²) in [6, 6.07) is 8.09. The lowest BCUT2D eigenvalue weighted by Gasteiger charge is -2.35. The molecular formula is C19H22N6OS. The number of nitrogens with two attached hydrogens (primary N) is 1. The lowest BCUT2D eigenvalue weighted by atomic mass is 10.1. The van der Waals surface area contributed by atoms with E-state index in [0.29, 0.717) is 18.4 Å². The van der Waals surface area contributed by atoms with Gasteiger partial charge < -0.3 is 20.0 Å². The summed E-state index contributed by atoms with van der Waals surface area (Å²) < 4.78 is 5.58. The largest absolute Gasteiger partial charge is 0.444 e. The molecule has 4 rings (SSSR count). The number of nitrogens with zero attached hydrogens (tertiary/aromatic N) is 5. The predicted octanol–water partition coefficient (Wildman–Crippen LogP) is 2.74. The lowest BCUT2D eigenvalue weighted by Crippen LogP contribution is -2.51. The summed E-state index contributed by atoms with van der Waals surface area (Å²) in [6.07, 6.45) is 3.48. The molecular weight excluding hydrogens is 360 g/mol. The number of rotatable bonds is 4. The Bertz CT molecular complexity index is 895. The Balaban J connectivity index is 1.34. The Kier molecular flexibility index (Phi) is 5.06. The summed E-state index contributed by atoms with van der Waals surface area (Å²) in [4.78, 5) is 17.7. The van der Waals surface area contributed by atoms with Crippen LogP contribution in [0.25, 0.3) is 11.5 Å². The average molecular weight is 382 g/mol. The molecule has 1 fully saturated rings. The van der Waals surface area contributed by atoms with Crippen LogP contribution in [0.5, 0.6) is 0 Å². The van der Waals surface area contributed by atoms with Crippen LogP contribution >= 0.6 is 11.3 Å². The number of piperazine rings is 1. The highest BCUT2D eigenvalue weighted by Crippen LogP contribution is 2.20. The molecule has 1 aromatic carbocycles. The van der Waals surface area contributed by atoms with E-state index in [0.717, 1.165) is 42.6 Å². The molecule has 3 heterocycles. The summed E-state index contributed by atoms with van der Waals surface area (Å²) in [5.74, 6) is 1.16. The van der Waals surface area contributed by atoms with Gasteiger partial charge in [-0.3, -0.25) is 0 Å². The van der Waals surface area contributed by atoms with E-state index in [1.165, 1.54) is 5.56 Å². The molecule has 140 valence electrons. The van der Waals surface area contributed by atoms with Gasteiger partial charge >= 0.3 is 0 Å². The Morgan fingerprint density at radius 1 is 1.22 bits per heavy atom. The van der Waals surface area contributed by atoms with Crippen molar-refractivity contribution in [3.05, 3.63) is 53.4 Å². The second-order valence-corrected chi connectivity index (χ2v) is 7.35. The summed E-state index contributed by atoms with van der Waals surface area (Å²) in [5, 5.41) is 3.07. The average Bonchev–Trinajstić information content (AvgIpc) is 3.39. The molecule has 0 radical (unpaired) electrons. The van der Waals surface area contributed by atoms with Crippen LogP contribution in [0.1, 0.15) is 11.3 Å². The number of aromatic nitrogens is 2. The third-order valence-electron chi connectivity index (χ3n) is 4.55. The van der Waals surface area contributed by atoms with Crippen LogP contribution in [0, 0.1) is 6.92 Å². The smallest absolute Gasteiger partial charge is 0.226 e. The van der Waals surface area contributed by atoms with Crippen molar-refractivity contribution in [2.45, 2.75) is 13.5 Å². The van der Waals surface area contributed by atoms with Crippen molar-refractivity contribution >= 4 is 22.4 Å². The zero-order valence-electron chi connectivity index (χ0n) is 15.2. The Labute approximate surface area is 162 Å². The number of guanidine groups is 1. The van der Waals surface area contributed by atoms with E-state index in [2.05, 4.69) is 31.7 Å². The number of aryl methyl sites for hydroxylation is 1. The second-order valence-electron chi connectivity index (χ2n) is 6.47. The van der Waals surface area contributed by atoms with E-state index >= 15 is 0 Å². The molecule has 2 N–H and O–H groups in total. The zero-order valence-corrected chi connectivity index (χ0v) is 16.0. The summed E-state index contributed by atoms with van der Waals surface area (Å²) in [5.41, 5.74) is 9.12. The van der Waals surface area contributed by atoms with Crippen molar-refractivity contribution in [3.63, 3.8) is 0 Å². The van der Waals surface area contributed by atoms with Gasteiger partial charge in [-0.15, -0.1) is 11.3 Å². The minimum atomic E-state index is 0.411. The molecule has 1 aliphatic rings. The minimum Gasteiger partial charge on any atom is -0.444 e. The van der Waals surface area contributed by atoms with E-state index < -0.39 is 0 Å². The molecule has 3 aromatic rings. The summed E-state index contributed by atoms with van der Waals surface area (Å²) in [7, 11) is 0. The van der Waals surface area contributed by atoms with Gasteiger partial charge in [0.2, 0.25) is 5.89 Å². The van der Waals surface area contributed by atoms with Crippen molar-refractivity contribution in [1.82, 2.24) is 14.9 Å². The predicted molar refractivity (Wildman–Crippen MR) is 108 cm³/mol. The third kappa shape index (κ3) is 4.11. The van der Waals surface area contributed by atoms with Crippen LogP contribution in [0.3, 0.4) is 0 Å². The molecule has 0 saturated carbocycles. The molecule has 0 atom stereocenters. The van der Waals surface area contributed by atoms with E-state index in [9.17, 15) is 0 Å². The van der Waals surface area contributed by atoms with E-state index in [1.807, 2.05) is 35.8 Å². The molecule has 0 unspecified atom stereocenters. The van der Waals surface area contributed by atoms with Gasteiger partial charge in [0.25, 0.3) is 0 Å². The monoisotopic (exact) mass is 382 g/mol. The molecule has 0 spiro atoms. The number of hydrogen-bond donors (Lipinski definition) is 1. The van der Waals surface area contributed by atoms with Crippen molar-refractivity contribution in [2.75, 3.05) is 31.1 Å². The van der Waals surface area contributed by atoms with Gasteiger partial charge in [-0.05, 0) is 19.1 Å². The van der Waals surface area contributed by atoms with Crippen molar-refractivity contribution in [2.24, 2.45) is 10.7 Å². The lowest BCUT2D eigenvalue weighted by molar-refractivity contribution is 0.380. The highest BCUT2D eigenvalue weighted by Gasteiger charge is 2.19. The zero-order chi connectivity index (χ0) is 18.6. The van der Waals surface area contributed by atoms with E-state index in [4.69, 9.17) is 10.2 Å². The van der Waals surface area contributed by atoms with Crippen LogP contribution in [-0.2, 0) is 6.54 Å².